The van der Waals surface area contributed by atoms with Crippen LogP contribution in [0.25, 0.3) is 0 Å². The molecule has 1 radical (unpaired) electrons. The number of quaternary nitrogens is 1. The highest BCUT2D eigenvalue weighted by atomic mass is 31.1. The van der Waals surface area contributed by atoms with E-state index in [-0.39, 0.29) is 0 Å². The molecule has 0 aliphatic carbocycles. The molecule has 0 bridgehead atoms. The standard InChI is InChI=1S/H5NO2P/c1-3-4-2/h4H2,1H3/q+2. The quantitative estimate of drug-likeness (QED) is 0.314. The smallest absolute Gasteiger partial charge is 0.171 e. The zero-order chi connectivity index (χ0) is 3.41. The molecular weight excluding hydrogens is 77.0 g/mol. The lowest BCUT2D eigenvalue weighted by Crippen LogP contribution is -2.44. The maximum atomic E-state index is 9.10. The van der Waals surface area contributed by atoms with Crippen molar-refractivity contribution in [3.05, 3.63) is 0 Å². The van der Waals surface area contributed by atoms with E-state index in [1.807, 2.05) is 0 Å². The summed E-state index contributed by atoms with van der Waals surface area (Å²) < 4.78 is 3.82. The summed E-state index contributed by atoms with van der Waals surface area (Å²) in [7, 11) is -1.08. The molecule has 1 unspecified atom stereocenters. The minimum Gasteiger partial charge on any atom is -0.171 e. The molecule has 3 N–H and O–H groups in total. The van der Waals surface area contributed by atoms with Gasteiger partial charge in [-0.3, -0.25) is 0 Å². The first-order valence-electron chi connectivity index (χ1n) is 0.760. The summed E-state index contributed by atoms with van der Waals surface area (Å²) in [4.78, 5) is 9.10. The first-order chi connectivity index (χ1) is 1.91. The van der Waals surface area contributed by atoms with Crippen molar-refractivity contribution in [2.45, 2.75) is 0 Å². The van der Waals surface area contributed by atoms with Gasteiger partial charge in [-0.05, 0) is 9.52 Å². The highest BCUT2D eigenvalue weighted by molar-refractivity contribution is 7.24. The van der Waals surface area contributed by atoms with Crippen molar-refractivity contribution < 1.29 is 15.4 Å². The molecule has 4 heteroatoms. The van der Waals surface area contributed by atoms with Crippen LogP contribution < -0.4 is 5.90 Å². The number of rotatable bonds is 1. The Hall–Kier alpha value is 0.310. The van der Waals surface area contributed by atoms with Crippen LogP contribution in [-0.4, -0.2) is 0 Å². The Kier molecular flexibility index (Phi) is 3.57. The van der Waals surface area contributed by atoms with Crippen molar-refractivity contribution in [3.63, 3.8) is 0 Å². The predicted octanol–water partition coefficient (Wildman–Crippen LogP) is -1.17. The zero-order valence-corrected chi connectivity index (χ0v) is 3.26. The monoisotopic (exact) mass is 82.0 g/mol. The third kappa shape index (κ3) is 2.31. The zero-order valence-electron chi connectivity index (χ0n) is 2.10. The van der Waals surface area contributed by atoms with Crippen LogP contribution in [0.15, 0.2) is 0 Å². The molecule has 0 aromatic rings. The minimum atomic E-state index is -1.08. The molecule has 0 amide bonds. The summed E-state index contributed by atoms with van der Waals surface area (Å²) in [5.74, 6) is 2.83. The first kappa shape index (κ1) is 4.31. The molecule has 0 fully saturated rings. The largest absolute Gasteiger partial charge is 0.363 e. The number of hydrogen-bond donors (Lipinski definition) is 1. The molecule has 1 atom stereocenters. The summed E-state index contributed by atoms with van der Waals surface area (Å²) >= 11 is 0. The second-order valence-electron chi connectivity index (χ2n) is 0.263. The van der Waals surface area contributed by atoms with E-state index in [1.165, 1.54) is 0 Å². The lowest BCUT2D eigenvalue weighted by Gasteiger charge is -1.55. The Morgan fingerprint density at radius 2 is 2.25 bits per heavy atom. The Bertz CT molecular complexity index is 8.00. The van der Waals surface area contributed by atoms with Gasteiger partial charge in [-0.1, -0.05) is 0 Å². The Morgan fingerprint density at radius 3 is 2.25 bits per heavy atom. The van der Waals surface area contributed by atoms with Gasteiger partial charge in [0.2, 0.25) is 0 Å². The van der Waals surface area contributed by atoms with Gasteiger partial charge < -0.3 is 0 Å². The van der Waals surface area contributed by atoms with Gasteiger partial charge in [-0.15, -0.1) is 0 Å². The third-order valence-electron chi connectivity index (χ3n) is 0.0680. The van der Waals surface area contributed by atoms with Crippen molar-refractivity contribution in [1.29, 1.82) is 0 Å². The molecule has 0 aliphatic heterocycles. The van der Waals surface area contributed by atoms with Crippen LogP contribution >= 0.6 is 9.03 Å². The van der Waals surface area contributed by atoms with Gasteiger partial charge in [-0.2, -0.15) is 5.90 Å². The van der Waals surface area contributed by atoms with Gasteiger partial charge in [0.15, 0.2) is 0 Å². The summed E-state index contributed by atoms with van der Waals surface area (Å²) in [6, 6.07) is 0. The van der Waals surface area contributed by atoms with Crippen molar-refractivity contribution in [1.82, 2.24) is 0 Å². The van der Waals surface area contributed by atoms with Gasteiger partial charge in [-0.25, -0.2) is 0 Å². The van der Waals surface area contributed by atoms with Gasteiger partial charge in [0.1, 0.15) is 0 Å². The summed E-state index contributed by atoms with van der Waals surface area (Å²) in [6.07, 6.45) is 0. The van der Waals surface area contributed by atoms with Crippen LogP contribution in [0.2, 0.25) is 0 Å². The second kappa shape index (κ2) is 3.31. The fourth-order valence-corrected chi connectivity index (χ4v) is 0. The van der Waals surface area contributed by atoms with Gasteiger partial charge in [0, 0.05) is 0 Å². The van der Waals surface area contributed by atoms with E-state index in [0.29, 0.717) is 0 Å². The average molecular weight is 82.0 g/mol. The van der Waals surface area contributed by atoms with Crippen LogP contribution in [0.3, 0.4) is 0 Å². The van der Waals surface area contributed by atoms with Gasteiger partial charge in [0.25, 0.3) is 0 Å². The van der Waals surface area contributed by atoms with Gasteiger partial charge in [0.05, 0.1) is 0 Å². The molecule has 0 saturated carbocycles. The van der Waals surface area contributed by atoms with Crippen LogP contribution in [0.1, 0.15) is 0 Å². The molecule has 3 nitrogen and oxygen atoms in total. The maximum absolute atomic E-state index is 9.10. The molecule has 25 valence electrons. The average Bonchev–Trinajstić information content (AvgIpc) is 1.37. The molecular formula is H5NO2P+2. The lowest BCUT2D eigenvalue weighted by atomic mass is 13.6. The van der Waals surface area contributed by atoms with Crippen molar-refractivity contribution in [2.75, 3.05) is 0 Å². The van der Waals surface area contributed by atoms with Crippen LogP contribution in [0.4, 0.5) is 0 Å². The Morgan fingerprint density at radius 1 is 2.00 bits per heavy atom. The summed E-state index contributed by atoms with van der Waals surface area (Å²) in [6.45, 7) is 0. The van der Waals surface area contributed by atoms with E-state index in [9.17, 15) is 0 Å². The molecule has 0 rings (SSSR count). The summed E-state index contributed by atoms with van der Waals surface area (Å²) in [5.41, 5.74) is 0. The fraction of sp³-hybridized carbons (Fsp3) is 0. The molecule has 0 spiro atoms. The molecule has 0 aromatic carbocycles. The van der Waals surface area contributed by atoms with E-state index >= 15 is 0 Å². The maximum Gasteiger partial charge on any atom is 0.363 e. The molecule has 4 heavy (non-hydrogen) atoms. The Balaban J connectivity index is 1.97. The van der Waals surface area contributed by atoms with Crippen molar-refractivity contribution in [2.24, 2.45) is 0 Å². The van der Waals surface area contributed by atoms with E-state index in [2.05, 4.69) is 10.5 Å². The minimum absolute atomic E-state index is 1.08. The van der Waals surface area contributed by atoms with Crippen LogP contribution in [-0.2, 0) is 9.52 Å². The number of hydrogen-bond acceptors (Lipinski definition) is 1. The van der Waals surface area contributed by atoms with Crippen LogP contribution in [0, 0.1) is 0 Å². The van der Waals surface area contributed by atoms with E-state index in [1.54, 1.807) is 0 Å². The SMILES string of the molecule is [NH3+]O[PH2+][O]. The Labute approximate surface area is 25.7 Å². The second-order valence-corrected chi connectivity index (χ2v) is 0.789. The lowest BCUT2D eigenvalue weighted by molar-refractivity contribution is -0.635. The summed E-state index contributed by atoms with van der Waals surface area (Å²) in [5, 5.41) is 0. The van der Waals surface area contributed by atoms with E-state index in [4.69, 9.17) is 4.89 Å². The fourth-order valence-electron chi connectivity index (χ4n) is 0. The molecule has 0 aromatic heterocycles. The first-order valence-corrected chi connectivity index (χ1v) is 1.70. The van der Waals surface area contributed by atoms with E-state index < -0.39 is 9.03 Å². The normalized spacial score (nSPS) is 10.5. The molecule has 0 saturated heterocycles. The van der Waals surface area contributed by atoms with Crippen molar-refractivity contribution >= 4 is 9.03 Å². The third-order valence-corrected chi connectivity index (χ3v) is 0.204. The van der Waals surface area contributed by atoms with E-state index in [0.717, 1.165) is 0 Å². The predicted molar refractivity (Wildman–Crippen MR) is 14.4 cm³/mol. The van der Waals surface area contributed by atoms with Crippen LogP contribution in [0.5, 0.6) is 0 Å². The highest BCUT2D eigenvalue weighted by Crippen LogP contribution is 1.93. The topological polar surface area (TPSA) is 56.8 Å². The van der Waals surface area contributed by atoms with Crippen molar-refractivity contribution in [3.8, 4) is 0 Å². The molecule has 0 aliphatic rings. The highest BCUT2D eigenvalue weighted by Gasteiger charge is 1.74. The van der Waals surface area contributed by atoms with Gasteiger partial charge >= 0.3 is 9.03 Å². The molecule has 0 heterocycles.